The quantitative estimate of drug-likeness (QED) is 0.741. The molecule has 1 fully saturated rings. The Hall–Kier alpha value is -0.700. The van der Waals surface area contributed by atoms with Crippen LogP contribution in [0.3, 0.4) is 0 Å². The second kappa shape index (κ2) is 7.92. The number of rotatable bonds is 7. The fraction of sp³-hybridized carbons (Fsp3) is 0.750. The normalized spacial score (nSPS) is 19.4. The van der Waals surface area contributed by atoms with Crippen molar-refractivity contribution >= 4 is 34.3 Å². The van der Waals surface area contributed by atoms with E-state index in [1.54, 1.807) is 11.8 Å². The van der Waals surface area contributed by atoms with E-state index in [9.17, 15) is 9.90 Å². The van der Waals surface area contributed by atoms with Crippen molar-refractivity contribution < 1.29 is 9.90 Å². The third-order valence-electron chi connectivity index (χ3n) is 3.15. The molecular weight excluding hydrogens is 296 g/mol. The Morgan fingerprint density at radius 1 is 1.65 bits per heavy atom. The molecule has 2 heterocycles. The average Bonchev–Trinajstić information content (AvgIpc) is 3.05. The zero-order valence-corrected chi connectivity index (χ0v) is 13.2. The van der Waals surface area contributed by atoms with Crippen LogP contribution in [0.5, 0.6) is 0 Å². The van der Waals surface area contributed by atoms with Gasteiger partial charge in [-0.05, 0) is 25.8 Å². The lowest BCUT2D eigenvalue weighted by Crippen LogP contribution is -2.38. The maximum atomic E-state index is 12.0. The summed E-state index contributed by atoms with van der Waals surface area (Å²) >= 11 is 2.81. The third-order valence-corrected chi connectivity index (χ3v) is 4.94. The number of thioether (sulfide) groups is 1. The molecule has 0 saturated carbocycles. The Morgan fingerprint density at radius 3 is 3.25 bits per heavy atom. The molecule has 1 aliphatic heterocycles. The van der Waals surface area contributed by atoms with Gasteiger partial charge in [-0.25, -0.2) is 0 Å². The number of aliphatic hydroxyl groups is 1. The first-order valence-corrected chi connectivity index (χ1v) is 8.60. The number of anilines is 1. The summed E-state index contributed by atoms with van der Waals surface area (Å²) in [5, 5.41) is 13.3. The first-order chi connectivity index (χ1) is 9.72. The van der Waals surface area contributed by atoms with Gasteiger partial charge in [-0.3, -0.25) is 15.0 Å². The van der Waals surface area contributed by atoms with Gasteiger partial charge in [0, 0.05) is 23.3 Å². The van der Waals surface area contributed by atoms with Gasteiger partial charge in [0.2, 0.25) is 16.2 Å². The summed E-state index contributed by atoms with van der Waals surface area (Å²) in [7, 11) is 0. The Labute approximate surface area is 127 Å². The number of hydrogen-bond donors (Lipinski definition) is 2. The minimum atomic E-state index is -0.0893. The number of nitrogens with zero attached hydrogens (tertiary/aromatic N) is 3. The summed E-state index contributed by atoms with van der Waals surface area (Å²) in [5.74, 6) is 0.893. The zero-order chi connectivity index (χ0) is 14.4. The van der Waals surface area contributed by atoms with Gasteiger partial charge in [0.15, 0.2) is 0 Å². The van der Waals surface area contributed by atoms with E-state index in [0.29, 0.717) is 11.7 Å². The smallest absolute Gasteiger partial charge is 0.240 e. The molecule has 2 rings (SSSR count). The van der Waals surface area contributed by atoms with Crippen LogP contribution in [0, 0.1) is 0 Å². The van der Waals surface area contributed by atoms with Crippen molar-refractivity contribution in [3.05, 3.63) is 0 Å². The fourth-order valence-electron chi connectivity index (χ4n) is 2.17. The van der Waals surface area contributed by atoms with Crippen LogP contribution in [0.4, 0.5) is 5.13 Å². The van der Waals surface area contributed by atoms with Crippen LogP contribution < -0.4 is 5.32 Å². The van der Waals surface area contributed by atoms with E-state index >= 15 is 0 Å². The molecule has 8 heteroatoms. The van der Waals surface area contributed by atoms with E-state index < -0.39 is 0 Å². The van der Waals surface area contributed by atoms with E-state index in [0.717, 1.165) is 36.7 Å². The highest BCUT2D eigenvalue weighted by Crippen LogP contribution is 2.21. The molecule has 1 amide bonds. The highest BCUT2D eigenvalue weighted by atomic mass is 32.2. The Bertz CT molecular complexity index is 441. The number of aromatic nitrogens is 2. The standard InChI is InChI=1S/C12H20N4O2S2/c1-2-6-19-12-14-11(20-15-12)13-10(18)7-16-5-3-4-9(16)8-17/h9,17H,2-8H2,1H3,(H,13,14,15,18). The van der Waals surface area contributed by atoms with E-state index in [-0.39, 0.29) is 18.6 Å². The monoisotopic (exact) mass is 316 g/mol. The lowest BCUT2D eigenvalue weighted by Gasteiger charge is -2.21. The topological polar surface area (TPSA) is 78.4 Å². The van der Waals surface area contributed by atoms with Gasteiger partial charge in [-0.1, -0.05) is 18.7 Å². The van der Waals surface area contributed by atoms with E-state index in [1.165, 1.54) is 11.5 Å². The second-order valence-electron chi connectivity index (χ2n) is 4.73. The van der Waals surface area contributed by atoms with Gasteiger partial charge in [0.1, 0.15) is 0 Å². The van der Waals surface area contributed by atoms with Crippen molar-refractivity contribution in [3.8, 4) is 0 Å². The molecule has 0 radical (unpaired) electrons. The molecule has 0 aromatic carbocycles. The van der Waals surface area contributed by atoms with Crippen molar-refractivity contribution in [3.63, 3.8) is 0 Å². The summed E-state index contributed by atoms with van der Waals surface area (Å²) < 4.78 is 4.19. The van der Waals surface area contributed by atoms with E-state index in [2.05, 4.69) is 21.6 Å². The molecule has 112 valence electrons. The number of carbonyl (C=O) groups is 1. The predicted octanol–water partition coefficient (Wildman–Crippen LogP) is 1.44. The average molecular weight is 316 g/mol. The molecule has 1 saturated heterocycles. The van der Waals surface area contributed by atoms with Crippen LogP contribution in [0.1, 0.15) is 26.2 Å². The zero-order valence-electron chi connectivity index (χ0n) is 11.5. The van der Waals surface area contributed by atoms with Gasteiger partial charge >= 0.3 is 0 Å². The number of nitrogens with one attached hydrogen (secondary N) is 1. The second-order valence-corrected chi connectivity index (χ2v) is 6.54. The number of likely N-dealkylation sites (tertiary alicyclic amines) is 1. The van der Waals surface area contributed by atoms with Gasteiger partial charge in [0.05, 0.1) is 13.2 Å². The van der Waals surface area contributed by atoms with Crippen molar-refractivity contribution in [2.45, 2.75) is 37.4 Å². The summed E-state index contributed by atoms with van der Waals surface area (Å²) in [6.07, 6.45) is 3.07. The fourth-order valence-corrected chi connectivity index (χ4v) is 3.58. The molecule has 0 aliphatic carbocycles. The van der Waals surface area contributed by atoms with Crippen molar-refractivity contribution in [1.29, 1.82) is 0 Å². The molecule has 1 aliphatic rings. The Morgan fingerprint density at radius 2 is 2.50 bits per heavy atom. The first-order valence-electron chi connectivity index (χ1n) is 6.84. The predicted molar refractivity (Wildman–Crippen MR) is 81.2 cm³/mol. The van der Waals surface area contributed by atoms with Crippen LogP contribution >= 0.6 is 23.3 Å². The molecule has 2 N–H and O–H groups in total. The van der Waals surface area contributed by atoms with E-state index in [4.69, 9.17) is 0 Å². The number of hydrogen-bond acceptors (Lipinski definition) is 7. The Kier molecular flexibility index (Phi) is 6.21. The lowest BCUT2D eigenvalue weighted by molar-refractivity contribution is -0.117. The van der Waals surface area contributed by atoms with Gasteiger partial charge in [0.25, 0.3) is 0 Å². The van der Waals surface area contributed by atoms with Gasteiger partial charge in [-0.2, -0.15) is 9.36 Å². The molecule has 6 nitrogen and oxygen atoms in total. The minimum Gasteiger partial charge on any atom is -0.395 e. The third kappa shape index (κ3) is 4.41. The van der Waals surface area contributed by atoms with Crippen molar-refractivity contribution in [1.82, 2.24) is 14.3 Å². The highest BCUT2D eigenvalue weighted by Gasteiger charge is 2.25. The molecular formula is C12H20N4O2S2. The lowest BCUT2D eigenvalue weighted by atomic mass is 10.2. The number of carbonyl (C=O) groups excluding carboxylic acids is 1. The summed E-state index contributed by atoms with van der Waals surface area (Å²) in [6, 6.07) is 0.117. The minimum absolute atomic E-state index is 0.0893. The molecule has 0 spiro atoms. The maximum absolute atomic E-state index is 12.0. The van der Waals surface area contributed by atoms with Crippen LogP contribution in [-0.4, -0.2) is 56.8 Å². The van der Waals surface area contributed by atoms with Crippen LogP contribution in [0.2, 0.25) is 0 Å². The van der Waals surface area contributed by atoms with Gasteiger partial charge < -0.3 is 5.11 Å². The summed E-state index contributed by atoms with van der Waals surface area (Å²) in [5.41, 5.74) is 0. The van der Waals surface area contributed by atoms with Crippen LogP contribution in [-0.2, 0) is 4.79 Å². The van der Waals surface area contributed by atoms with Gasteiger partial charge in [-0.15, -0.1) is 0 Å². The van der Waals surface area contributed by atoms with E-state index in [1.807, 2.05) is 4.90 Å². The summed E-state index contributed by atoms with van der Waals surface area (Å²) in [4.78, 5) is 18.2. The molecule has 0 bridgehead atoms. The van der Waals surface area contributed by atoms with Crippen molar-refractivity contribution in [2.24, 2.45) is 0 Å². The maximum Gasteiger partial charge on any atom is 0.240 e. The number of amides is 1. The Balaban J connectivity index is 1.80. The SMILES string of the molecule is CCCSc1nsc(NC(=O)CN2CCCC2CO)n1. The molecule has 1 aromatic rings. The summed E-state index contributed by atoms with van der Waals surface area (Å²) in [6.45, 7) is 3.40. The first kappa shape index (κ1) is 15.7. The van der Waals surface area contributed by atoms with Crippen LogP contribution in [0.15, 0.2) is 5.16 Å². The molecule has 1 atom stereocenters. The highest BCUT2D eigenvalue weighted by molar-refractivity contribution is 7.99. The molecule has 1 aromatic heterocycles. The van der Waals surface area contributed by atoms with Crippen LogP contribution in [0.25, 0.3) is 0 Å². The molecule has 20 heavy (non-hydrogen) atoms. The molecule has 1 unspecified atom stereocenters. The largest absolute Gasteiger partial charge is 0.395 e. The van der Waals surface area contributed by atoms with Crippen molar-refractivity contribution in [2.75, 3.05) is 30.8 Å². The number of aliphatic hydroxyl groups excluding tert-OH is 1.